The molecule has 1 heterocycles. The molecule has 2 N–H and O–H groups in total. The Morgan fingerprint density at radius 1 is 1.35 bits per heavy atom. The van der Waals surface area contributed by atoms with Gasteiger partial charge in [0.15, 0.2) is 0 Å². The molecule has 0 spiro atoms. The number of anilines is 1. The normalized spacial score (nSPS) is 12.6. The molecule has 0 radical (unpaired) electrons. The summed E-state index contributed by atoms with van der Waals surface area (Å²) in [5, 5.41) is 13.6. The maximum atomic E-state index is 9.21. The number of nitrogens with zero attached hydrogens (tertiary/aromatic N) is 1. The molecule has 1 aromatic carbocycles. The minimum Gasteiger partial charge on any atom is -0.393 e. The molecule has 1 unspecified atom stereocenters. The Hall–Kier alpha value is -1.61. The van der Waals surface area contributed by atoms with Gasteiger partial charge in [-0.15, -0.1) is 0 Å². The number of aryl methyl sites for hydroxylation is 1. The summed E-state index contributed by atoms with van der Waals surface area (Å²) in [6, 6.07) is 10.2. The highest BCUT2D eigenvalue weighted by molar-refractivity contribution is 5.81. The predicted molar refractivity (Wildman–Crippen MR) is 71.3 cm³/mol. The molecule has 0 bridgehead atoms. The second-order valence-corrected chi connectivity index (χ2v) is 4.41. The van der Waals surface area contributed by atoms with Gasteiger partial charge in [-0.05, 0) is 38.0 Å². The molecule has 2 aromatic rings. The highest BCUT2D eigenvalue weighted by Crippen LogP contribution is 2.19. The van der Waals surface area contributed by atoms with Crippen molar-refractivity contribution in [3.63, 3.8) is 0 Å². The Balaban J connectivity index is 2.19. The Kier molecular flexibility index (Phi) is 3.59. The standard InChI is InChI=1S/C14H18N2O/c1-10-9-12-5-3-4-6-13(12)16-14(10)15-8-7-11(2)17/h3-6,9,11,17H,7-8H2,1-2H3,(H,15,16). The topological polar surface area (TPSA) is 45.2 Å². The van der Waals surface area contributed by atoms with Crippen LogP contribution in [0.5, 0.6) is 0 Å². The molecule has 17 heavy (non-hydrogen) atoms. The van der Waals surface area contributed by atoms with Gasteiger partial charge in [0.05, 0.1) is 11.6 Å². The van der Waals surface area contributed by atoms with Crippen molar-refractivity contribution in [1.29, 1.82) is 0 Å². The molecule has 90 valence electrons. The zero-order valence-electron chi connectivity index (χ0n) is 10.3. The summed E-state index contributed by atoms with van der Waals surface area (Å²) in [6.45, 7) is 4.58. The number of rotatable bonds is 4. The molecule has 1 aromatic heterocycles. The first-order valence-electron chi connectivity index (χ1n) is 5.95. The van der Waals surface area contributed by atoms with Crippen LogP contribution >= 0.6 is 0 Å². The second kappa shape index (κ2) is 5.15. The molecular weight excluding hydrogens is 212 g/mol. The highest BCUT2D eigenvalue weighted by atomic mass is 16.3. The summed E-state index contributed by atoms with van der Waals surface area (Å²) in [5.41, 5.74) is 2.13. The zero-order valence-corrected chi connectivity index (χ0v) is 10.3. The number of aliphatic hydroxyl groups is 1. The van der Waals surface area contributed by atoms with E-state index in [9.17, 15) is 5.11 Å². The first kappa shape index (κ1) is 11.9. The summed E-state index contributed by atoms with van der Waals surface area (Å²) in [7, 11) is 0. The van der Waals surface area contributed by atoms with E-state index >= 15 is 0 Å². The molecule has 0 saturated heterocycles. The number of hydrogen-bond acceptors (Lipinski definition) is 3. The van der Waals surface area contributed by atoms with Gasteiger partial charge < -0.3 is 10.4 Å². The van der Waals surface area contributed by atoms with Crippen molar-refractivity contribution < 1.29 is 5.11 Å². The number of hydrogen-bond donors (Lipinski definition) is 2. The van der Waals surface area contributed by atoms with Gasteiger partial charge in [0.1, 0.15) is 5.82 Å². The summed E-state index contributed by atoms with van der Waals surface area (Å²) in [5.74, 6) is 0.907. The lowest BCUT2D eigenvalue weighted by molar-refractivity contribution is 0.188. The third kappa shape index (κ3) is 2.94. The van der Waals surface area contributed by atoms with Crippen LogP contribution in [0.2, 0.25) is 0 Å². The zero-order chi connectivity index (χ0) is 12.3. The van der Waals surface area contributed by atoms with E-state index in [-0.39, 0.29) is 6.10 Å². The highest BCUT2D eigenvalue weighted by Gasteiger charge is 2.03. The Bertz CT molecular complexity index is 509. The Morgan fingerprint density at radius 2 is 2.12 bits per heavy atom. The predicted octanol–water partition coefficient (Wildman–Crippen LogP) is 2.73. The van der Waals surface area contributed by atoms with Crippen molar-refractivity contribution in [2.75, 3.05) is 11.9 Å². The van der Waals surface area contributed by atoms with E-state index in [1.165, 1.54) is 0 Å². The van der Waals surface area contributed by atoms with E-state index < -0.39 is 0 Å². The van der Waals surface area contributed by atoms with Gasteiger partial charge in [-0.2, -0.15) is 0 Å². The van der Waals surface area contributed by atoms with Crippen LogP contribution in [0.1, 0.15) is 18.9 Å². The smallest absolute Gasteiger partial charge is 0.129 e. The third-order valence-corrected chi connectivity index (χ3v) is 2.77. The minimum absolute atomic E-state index is 0.275. The maximum Gasteiger partial charge on any atom is 0.129 e. The number of pyridine rings is 1. The summed E-state index contributed by atoms with van der Waals surface area (Å²) in [6.07, 6.45) is 0.455. The first-order chi connectivity index (χ1) is 8.16. The fraction of sp³-hybridized carbons (Fsp3) is 0.357. The van der Waals surface area contributed by atoms with Crippen LogP contribution in [0.3, 0.4) is 0 Å². The van der Waals surface area contributed by atoms with E-state index in [2.05, 4.69) is 22.4 Å². The number of aromatic nitrogens is 1. The van der Waals surface area contributed by atoms with Crippen molar-refractivity contribution >= 4 is 16.7 Å². The van der Waals surface area contributed by atoms with E-state index in [1.54, 1.807) is 6.92 Å². The van der Waals surface area contributed by atoms with Gasteiger partial charge in [0, 0.05) is 11.9 Å². The molecule has 0 aliphatic heterocycles. The fourth-order valence-corrected chi connectivity index (χ4v) is 1.80. The van der Waals surface area contributed by atoms with Gasteiger partial charge in [-0.25, -0.2) is 4.98 Å². The van der Waals surface area contributed by atoms with Crippen molar-refractivity contribution in [2.45, 2.75) is 26.4 Å². The van der Waals surface area contributed by atoms with Gasteiger partial charge in [0.25, 0.3) is 0 Å². The van der Waals surface area contributed by atoms with Crippen LogP contribution in [0.25, 0.3) is 10.9 Å². The summed E-state index contributed by atoms with van der Waals surface area (Å²) >= 11 is 0. The molecule has 0 fully saturated rings. The molecule has 0 amide bonds. The van der Waals surface area contributed by atoms with Crippen molar-refractivity contribution in [3.05, 3.63) is 35.9 Å². The van der Waals surface area contributed by atoms with Gasteiger partial charge in [-0.1, -0.05) is 18.2 Å². The molecule has 0 aliphatic rings. The van der Waals surface area contributed by atoms with Gasteiger partial charge >= 0.3 is 0 Å². The minimum atomic E-state index is -0.275. The first-order valence-corrected chi connectivity index (χ1v) is 5.95. The quantitative estimate of drug-likeness (QED) is 0.849. The number of aliphatic hydroxyl groups excluding tert-OH is 1. The lowest BCUT2D eigenvalue weighted by atomic mass is 10.1. The number of para-hydroxylation sites is 1. The van der Waals surface area contributed by atoms with Crippen LogP contribution < -0.4 is 5.32 Å². The fourth-order valence-electron chi connectivity index (χ4n) is 1.80. The molecule has 3 nitrogen and oxygen atoms in total. The van der Waals surface area contributed by atoms with Crippen LogP contribution in [-0.2, 0) is 0 Å². The van der Waals surface area contributed by atoms with Crippen LogP contribution in [0.15, 0.2) is 30.3 Å². The van der Waals surface area contributed by atoms with Gasteiger partial charge in [-0.3, -0.25) is 0 Å². The maximum absolute atomic E-state index is 9.21. The molecule has 2 rings (SSSR count). The van der Waals surface area contributed by atoms with Crippen LogP contribution in [-0.4, -0.2) is 22.7 Å². The lowest BCUT2D eigenvalue weighted by Crippen LogP contribution is -2.11. The Labute approximate surface area is 102 Å². The number of nitrogens with one attached hydrogen (secondary N) is 1. The molecule has 1 atom stereocenters. The van der Waals surface area contributed by atoms with Crippen LogP contribution in [0, 0.1) is 6.92 Å². The molecule has 3 heteroatoms. The summed E-state index contributed by atoms with van der Waals surface area (Å²) in [4.78, 5) is 4.58. The molecule has 0 saturated carbocycles. The number of fused-ring (bicyclic) bond motifs is 1. The van der Waals surface area contributed by atoms with Crippen molar-refractivity contribution in [1.82, 2.24) is 4.98 Å². The lowest BCUT2D eigenvalue weighted by Gasteiger charge is -2.10. The van der Waals surface area contributed by atoms with E-state index in [0.29, 0.717) is 0 Å². The average Bonchev–Trinajstić information content (AvgIpc) is 2.29. The monoisotopic (exact) mass is 230 g/mol. The number of benzene rings is 1. The third-order valence-electron chi connectivity index (χ3n) is 2.77. The van der Waals surface area contributed by atoms with E-state index in [0.717, 1.165) is 35.2 Å². The largest absolute Gasteiger partial charge is 0.393 e. The molecule has 0 aliphatic carbocycles. The van der Waals surface area contributed by atoms with Gasteiger partial charge in [0.2, 0.25) is 0 Å². The van der Waals surface area contributed by atoms with Crippen molar-refractivity contribution in [3.8, 4) is 0 Å². The van der Waals surface area contributed by atoms with Crippen LogP contribution in [0.4, 0.5) is 5.82 Å². The molecular formula is C14H18N2O. The SMILES string of the molecule is Cc1cc2ccccc2nc1NCCC(C)O. The van der Waals surface area contributed by atoms with E-state index in [1.807, 2.05) is 25.1 Å². The average molecular weight is 230 g/mol. The Morgan fingerprint density at radius 3 is 2.88 bits per heavy atom. The summed E-state index contributed by atoms with van der Waals surface area (Å²) < 4.78 is 0. The van der Waals surface area contributed by atoms with Crippen molar-refractivity contribution in [2.24, 2.45) is 0 Å². The second-order valence-electron chi connectivity index (χ2n) is 4.41. The van der Waals surface area contributed by atoms with E-state index in [4.69, 9.17) is 0 Å².